The zero-order chi connectivity index (χ0) is 14.4. The van der Waals surface area contributed by atoms with E-state index in [-0.39, 0.29) is 6.10 Å². The average Bonchev–Trinajstić information content (AvgIpc) is 2.95. The van der Waals surface area contributed by atoms with Crippen molar-refractivity contribution in [3.05, 3.63) is 42.0 Å². The highest BCUT2D eigenvalue weighted by Crippen LogP contribution is 2.17. The largest absolute Gasteiger partial charge is 0.391 e. The van der Waals surface area contributed by atoms with Gasteiger partial charge in [-0.2, -0.15) is 4.98 Å². The fraction of sp³-hybridized carbons (Fsp3) is 0.467. The minimum atomic E-state index is -0.372. The van der Waals surface area contributed by atoms with Crippen molar-refractivity contribution in [2.24, 2.45) is 0 Å². The smallest absolute Gasteiger partial charge is 0.246 e. The Bertz CT molecular complexity index is 513. The van der Waals surface area contributed by atoms with Crippen molar-refractivity contribution in [1.29, 1.82) is 0 Å². The summed E-state index contributed by atoms with van der Waals surface area (Å²) < 4.78 is 5.24. The molecule has 1 aromatic heterocycles. The van der Waals surface area contributed by atoms with Gasteiger partial charge in [0.1, 0.15) is 0 Å². The lowest BCUT2D eigenvalue weighted by Gasteiger charge is -2.25. The van der Waals surface area contributed by atoms with Crippen LogP contribution in [0.15, 0.2) is 34.9 Å². The van der Waals surface area contributed by atoms with Crippen LogP contribution in [-0.4, -0.2) is 27.9 Å². The Balaban J connectivity index is 2.13. The molecule has 0 aliphatic heterocycles. The number of para-hydroxylation sites is 1. The second-order valence-electron chi connectivity index (χ2n) is 4.74. The maximum Gasteiger partial charge on any atom is 0.246 e. The van der Waals surface area contributed by atoms with Crippen LogP contribution in [0.2, 0.25) is 0 Å². The van der Waals surface area contributed by atoms with Crippen LogP contribution in [0.1, 0.15) is 32.0 Å². The first-order chi connectivity index (χ1) is 9.72. The second kappa shape index (κ2) is 7.05. The van der Waals surface area contributed by atoms with Gasteiger partial charge in [0.25, 0.3) is 0 Å². The van der Waals surface area contributed by atoms with E-state index in [1.165, 1.54) is 0 Å². The van der Waals surface area contributed by atoms with E-state index in [1.54, 1.807) is 0 Å². The molecular weight excluding hydrogens is 254 g/mol. The summed E-state index contributed by atoms with van der Waals surface area (Å²) in [4.78, 5) is 6.38. The number of benzene rings is 1. The Morgan fingerprint density at radius 1 is 1.25 bits per heavy atom. The van der Waals surface area contributed by atoms with Crippen molar-refractivity contribution < 1.29 is 9.63 Å². The van der Waals surface area contributed by atoms with Crippen LogP contribution in [0, 0.1) is 0 Å². The molecule has 1 unspecified atom stereocenters. The van der Waals surface area contributed by atoms with Gasteiger partial charge in [-0.3, -0.25) is 0 Å². The molecule has 1 N–H and O–H groups in total. The number of aliphatic hydroxyl groups excluding tert-OH is 1. The number of hydrogen-bond donors (Lipinski definition) is 1. The van der Waals surface area contributed by atoms with E-state index in [4.69, 9.17) is 4.52 Å². The number of anilines is 1. The molecule has 108 valence electrons. The third-order valence-corrected chi connectivity index (χ3v) is 3.18. The summed E-state index contributed by atoms with van der Waals surface area (Å²) in [5.74, 6) is 1.29. The molecule has 0 aliphatic carbocycles. The van der Waals surface area contributed by atoms with Gasteiger partial charge in [0.2, 0.25) is 5.89 Å². The average molecular weight is 275 g/mol. The lowest BCUT2D eigenvalue weighted by molar-refractivity contribution is 0.174. The number of nitrogens with zero attached hydrogens (tertiary/aromatic N) is 3. The topological polar surface area (TPSA) is 62.4 Å². The maximum absolute atomic E-state index is 9.91. The fourth-order valence-electron chi connectivity index (χ4n) is 1.94. The van der Waals surface area contributed by atoms with Gasteiger partial charge in [0.05, 0.1) is 12.6 Å². The lowest BCUT2D eigenvalue weighted by atomic mass is 10.2. The zero-order valence-corrected chi connectivity index (χ0v) is 12.0. The first kappa shape index (κ1) is 14.5. The van der Waals surface area contributed by atoms with E-state index in [0.717, 1.165) is 12.1 Å². The molecule has 0 aliphatic rings. The van der Waals surface area contributed by atoms with Crippen molar-refractivity contribution in [3.63, 3.8) is 0 Å². The summed E-state index contributed by atoms with van der Waals surface area (Å²) in [5, 5.41) is 13.8. The van der Waals surface area contributed by atoms with Crippen LogP contribution < -0.4 is 4.90 Å². The van der Waals surface area contributed by atoms with Crippen LogP contribution in [0.5, 0.6) is 0 Å². The Kier molecular flexibility index (Phi) is 5.12. The van der Waals surface area contributed by atoms with Gasteiger partial charge >= 0.3 is 0 Å². The van der Waals surface area contributed by atoms with E-state index in [1.807, 2.05) is 44.2 Å². The van der Waals surface area contributed by atoms with Crippen LogP contribution in [-0.2, 0) is 13.0 Å². The molecule has 5 heteroatoms. The summed E-state index contributed by atoms with van der Waals surface area (Å²) in [7, 11) is 0. The molecule has 5 nitrogen and oxygen atoms in total. The minimum Gasteiger partial charge on any atom is -0.391 e. The summed E-state index contributed by atoms with van der Waals surface area (Å²) >= 11 is 0. The maximum atomic E-state index is 9.91. The van der Waals surface area contributed by atoms with Crippen LogP contribution in [0.4, 0.5) is 5.69 Å². The van der Waals surface area contributed by atoms with Gasteiger partial charge in [-0.25, -0.2) is 0 Å². The third kappa shape index (κ3) is 3.81. The Labute approximate surface area is 119 Å². The van der Waals surface area contributed by atoms with E-state index in [0.29, 0.717) is 31.2 Å². The van der Waals surface area contributed by atoms with Crippen molar-refractivity contribution >= 4 is 5.69 Å². The molecule has 0 amide bonds. The summed E-state index contributed by atoms with van der Waals surface area (Å²) in [6.45, 7) is 5.01. The number of aryl methyl sites for hydroxylation is 1. The molecular formula is C15H21N3O2. The molecule has 2 aromatic rings. The van der Waals surface area contributed by atoms with Crippen molar-refractivity contribution in [2.75, 3.05) is 11.4 Å². The number of rotatable bonds is 7. The molecule has 0 radical (unpaired) electrons. The Morgan fingerprint density at radius 3 is 2.60 bits per heavy atom. The van der Waals surface area contributed by atoms with Crippen molar-refractivity contribution in [1.82, 2.24) is 10.1 Å². The summed E-state index contributed by atoms with van der Waals surface area (Å²) in [5.41, 5.74) is 1.04. The highest BCUT2D eigenvalue weighted by Gasteiger charge is 2.15. The van der Waals surface area contributed by atoms with E-state index in [2.05, 4.69) is 15.0 Å². The molecule has 0 saturated heterocycles. The van der Waals surface area contributed by atoms with Gasteiger partial charge in [0.15, 0.2) is 5.82 Å². The predicted molar refractivity (Wildman–Crippen MR) is 77.5 cm³/mol. The van der Waals surface area contributed by atoms with Crippen LogP contribution in [0.3, 0.4) is 0 Å². The first-order valence-electron chi connectivity index (χ1n) is 7.02. The van der Waals surface area contributed by atoms with Gasteiger partial charge < -0.3 is 14.5 Å². The monoisotopic (exact) mass is 275 g/mol. The Morgan fingerprint density at radius 2 is 2.00 bits per heavy atom. The van der Waals surface area contributed by atoms with E-state index in [9.17, 15) is 5.11 Å². The lowest BCUT2D eigenvalue weighted by Crippen LogP contribution is -2.31. The number of aliphatic hydroxyl groups is 1. The molecule has 0 spiro atoms. The minimum absolute atomic E-state index is 0.372. The summed E-state index contributed by atoms with van der Waals surface area (Å²) in [6.07, 6.45) is 1.10. The first-order valence-corrected chi connectivity index (χ1v) is 7.02. The van der Waals surface area contributed by atoms with Crippen molar-refractivity contribution in [2.45, 2.75) is 39.3 Å². The molecule has 1 atom stereocenters. The van der Waals surface area contributed by atoms with Crippen LogP contribution in [0.25, 0.3) is 0 Å². The standard InChI is InChI=1S/C15H21N3O2/c1-3-13(19)10-18(12-8-6-5-7-9-12)11-15-16-14(4-2)17-20-15/h5-9,13,19H,3-4,10-11H2,1-2H3. The van der Waals surface area contributed by atoms with Gasteiger partial charge in [-0.15, -0.1) is 0 Å². The van der Waals surface area contributed by atoms with Crippen molar-refractivity contribution in [3.8, 4) is 0 Å². The second-order valence-corrected chi connectivity index (χ2v) is 4.74. The molecule has 1 heterocycles. The van der Waals surface area contributed by atoms with Crippen LogP contribution >= 0.6 is 0 Å². The molecule has 0 bridgehead atoms. The zero-order valence-electron chi connectivity index (χ0n) is 12.0. The molecule has 0 fully saturated rings. The normalized spacial score (nSPS) is 12.3. The van der Waals surface area contributed by atoms with Gasteiger partial charge in [0, 0.05) is 18.7 Å². The molecule has 2 rings (SSSR count). The fourth-order valence-corrected chi connectivity index (χ4v) is 1.94. The molecule has 20 heavy (non-hydrogen) atoms. The quantitative estimate of drug-likeness (QED) is 0.840. The predicted octanol–water partition coefficient (Wildman–Crippen LogP) is 2.41. The highest BCUT2D eigenvalue weighted by atomic mass is 16.5. The third-order valence-electron chi connectivity index (χ3n) is 3.18. The van der Waals surface area contributed by atoms with E-state index >= 15 is 0 Å². The summed E-state index contributed by atoms with van der Waals surface area (Å²) in [6, 6.07) is 9.96. The SMILES string of the molecule is CCc1noc(CN(CC(O)CC)c2ccccc2)n1. The number of hydrogen-bond acceptors (Lipinski definition) is 5. The Hall–Kier alpha value is -1.88. The highest BCUT2D eigenvalue weighted by molar-refractivity contribution is 5.46. The number of aromatic nitrogens is 2. The van der Waals surface area contributed by atoms with E-state index < -0.39 is 0 Å². The van der Waals surface area contributed by atoms with Gasteiger partial charge in [-0.1, -0.05) is 37.2 Å². The molecule has 1 aromatic carbocycles. The molecule has 0 saturated carbocycles. The van der Waals surface area contributed by atoms with Gasteiger partial charge in [-0.05, 0) is 18.6 Å².